The molecule has 0 saturated heterocycles. The molecule has 1 aliphatic heterocycles. The standard InChI is InChI=1S/C31H30FN3O4S/c1-6-38-25-14-8-21(9-15-25)28-27(30(37)39-7-2)19(4)33-31-35(28)29(36)26(40-31)17-22-16-18(3)34(20(22)5)24-12-10-23(32)11-13-24/h8-17,28H,6-7H2,1-5H3/b26-17-/t28-/m1/s1. The molecular weight excluding hydrogens is 529 g/mol. The van der Waals surface area contributed by atoms with Gasteiger partial charge in [0.15, 0.2) is 4.80 Å². The van der Waals surface area contributed by atoms with Crippen molar-refractivity contribution in [3.05, 3.63) is 114 Å². The number of carbonyl (C=O) groups is 1. The first-order valence-corrected chi connectivity index (χ1v) is 13.9. The van der Waals surface area contributed by atoms with Crippen molar-refractivity contribution in [2.45, 2.75) is 40.7 Å². The highest BCUT2D eigenvalue weighted by Gasteiger charge is 2.33. The number of rotatable bonds is 7. The Morgan fingerprint density at radius 2 is 1.75 bits per heavy atom. The van der Waals surface area contributed by atoms with E-state index in [1.165, 1.54) is 23.5 Å². The molecule has 4 aromatic rings. The number of carbonyl (C=O) groups excluding carboxylic acids is 1. The second-order valence-corrected chi connectivity index (χ2v) is 10.5. The van der Waals surface area contributed by atoms with E-state index in [0.29, 0.717) is 33.0 Å². The highest BCUT2D eigenvalue weighted by Crippen LogP contribution is 2.31. The molecule has 2 aromatic heterocycles. The highest BCUT2D eigenvalue weighted by molar-refractivity contribution is 7.07. The van der Waals surface area contributed by atoms with Crippen LogP contribution in [0.3, 0.4) is 0 Å². The predicted octanol–water partition coefficient (Wildman–Crippen LogP) is 4.74. The Morgan fingerprint density at radius 3 is 2.40 bits per heavy atom. The van der Waals surface area contributed by atoms with Gasteiger partial charge in [0.25, 0.3) is 5.56 Å². The lowest BCUT2D eigenvalue weighted by molar-refractivity contribution is -0.139. The number of hydrogen-bond acceptors (Lipinski definition) is 6. The molecule has 0 fully saturated rings. The first-order valence-electron chi connectivity index (χ1n) is 13.1. The molecular formula is C31H30FN3O4S. The zero-order valence-corrected chi connectivity index (χ0v) is 23.8. The van der Waals surface area contributed by atoms with Crippen LogP contribution >= 0.6 is 11.3 Å². The van der Waals surface area contributed by atoms with Gasteiger partial charge in [0.05, 0.1) is 35.1 Å². The van der Waals surface area contributed by atoms with Crippen molar-refractivity contribution in [3.63, 3.8) is 0 Å². The summed E-state index contributed by atoms with van der Waals surface area (Å²) in [6, 6.07) is 15.0. The number of halogens is 1. The van der Waals surface area contributed by atoms with Gasteiger partial charge < -0.3 is 14.0 Å². The maximum atomic E-state index is 13.9. The predicted molar refractivity (Wildman–Crippen MR) is 153 cm³/mol. The molecule has 0 saturated carbocycles. The van der Waals surface area contributed by atoms with E-state index in [1.54, 1.807) is 30.5 Å². The number of allylic oxidation sites excluding steroid dienone is 1. The summed E-state index contributed by atoms with van der Waals surface area (Å²) < 4.78 is 28.6. The second-order valence-electron chi connectivity index (χ2n) is 9.44. The van der Waals surface area contributed by atoms with Gasteiger partial charge in [-0.3, -0.25) is 9.36 Å². The summed E-state index contributed by atoms with van der Waals surface area (Å²) in [4.78, 5) is 32.2. The normalized spacial score (nSPS) is 15.2. The van der Waals surface area contributed by atoms with E-state index in [9.17, 15) is 14.0 Å². The SMILES string of the molecule is CCOC(=O)C1=C(C)N=c2s/c(=C\c3cc(C)n(-c4ccc(F)cc4)c3C)c(=O)n2[C@@H]1c1ccc(OCC)cc1. The van der Waals surface area contributed by atoms with E-state index in [2.05, 4.69) is 4.99 Å². The summed E-state index contributed by atoms with van der Waals surface area (Å²) in [7, 11) is 0. The van der Waals surface area contributed by atoms with Crippen LogP contribution < -0.4 is 19.6 Å². The minimum Gasteiger partial charge on any atom is -0.494 e. The van der Waals surface area contributed by atoms with E-state index in [1.807, 2.05) is 61.7 Å². The Bertz CT molecular complexity index is 1790. The maximum absolute atomic E-state index is 13.9. The average molecular weight is 560 g/mol. The van der Waals surface area contributed by atoms with Gasteiger partial charge in [-0.1, -0.05) is 23.5 Å². The number of fused-ring (bicyclic) bond motifs is 1. The molecule has 0 spiro atoms. The van der Waals surface area contributed by atoms with E-state index in [-0.39, 0.29) is 18.0 Å². The van der Waals surface area contributed by atoms with Gasteiger partial charge in [-0.15, -0.1) is 0 Å². The number of aryl methyl sites for hydroxylation is 1. The van der Waals surface area contributed by atoms with Crippen molar-refractivity contribution in [1.29, 1.82) is 0 Å². The molecule has 40 heavy (non-hydrogen) atoms. The first kappa shape index (κ1) is 27.3. The summed E-state index contributed by atoms with van der Waals surface area (Å²) >= 11 is 1.28. The maximum Gasteiger partial charge on any atom is 0.338 e. The number of ether oxygens (including phenoxy) is 2. The van der Waals surface area contributed by atoms with Gasteiger partial charge in [-0.25, -0.2) is 14.2 Å². The molecule has 3 heterocycles. The smallest absolute Gasteiger partial charge is 0.338 e. The van der Waals surface area contributed by atoms with Crippen molar-refractivity contribution in [2.75, 3.05) is 13.2 Å². The number of thiazole rings is 1. The van der Waals surface area contributed by atoms with Crippen LogP contribution in [0.4, 0.5) is 4.39 Å². The van der Waals surface area contributed by atoms with Gasteiger partial charge in [0, 0.05) is 17.1 Å². The number of esters is 1. The van der Waals surface area contributed by atoms with Crippen LogP contribution in [-0.2, 0) is 9.53 Å². The van der Waals surface area contributed by atoms with Gasteiger partial charge >= 0.3 is 5.97 Å². The van der Waals surface area contributed by atoms with Gasteiger partial charge in [0.1, 0.15) is 11.6 Å². The molecule has 5 rings (SSSR count). The summed E-state index contributed by atoms with van der Waals surface area (Å²) in [5.41, 5.74) is 4.93. The molecule has 1 aliphatic rings. The topological polar surface area (TPSA) is 74.8 Å². The van der Waals surface area contributed by atoms with Crippen LogP contribution in [0.25, 0.3) is 11.8 Å². The molecule has 2 aromatic carbocycles. The Kier molecular flexibility index (Phi) is 7.58. The summed E-state index contributed by atoms with van der Waals surface area (Å²) in [5.74, 6) is -0.0968. The van der Waals surface area contributed by atoms with E-state index in [4.69, 9.17) is 9.47 Å². The lowest BCUT2D eigenvalue weighted by Gasteiger charge is -2.24. The largest absolute Gasteiger partial charge is 0.494 e. The molecule has 0 radical (unpaired) electrons. The Hall–Kier alpha value is -4.24. The lowest BCUT2D eigenvalue weighted by Crippen LogP contribution is -2.39. The van der Waals surface area contributed by atoms with Crippen molar-refractivity contribution >= 4 is 23.4 Å². The fourth-order valence-electron chi connectivity index (χ4n) is 5.08. The van der Waals surface area contributed by atoms with Gasteiger partial charge in [0.2, 0.25) is 0 Å². The average Bonchev–Trinajstić information content (AvgIpc) is 3.38. The van der Waals surface area contributed by atoms with Gasteiger partial charge in [-0.2, -0.15) is 0 Å². The van der Waals surface area contributed by atoms with E-state index in [0.717, 1.165) is 28.2 Å². The number of nitrogens with zero attached hydrogens (tertiary/aromatic N) is 3. The molecule has 0 amide bonds. The first-order chi connectivity index (χ1) is 19.2. The monoisotopic (exact) mass is 559 g/mol. The third-order valence-electron chi connectivity index (χ3n) is 6.87. The Morgan fingerprint density at radius 1 is 1.05 bits per heavy atom. The van der Waals surface area contributed by atoms with Crippen molar-refractivity contribution < 1.29 is 18.7 Å². The van der Waals surface area contributed by atoms with Crippen LogP contribution in [-0.4, -0.2) is 28.3 Å². The van der Waals surface area contributed by atoms with E-state index >= 15 is 0 Å². The fraction of sp³-hybridized carbons (Fsp3) is 0.258. The van der Waals surface area contributed by atoms with Crippen LogP contribution in [0, 0.1) is 19.7 Å². The molecule has 206 valence electrons. The molecule has 1 atom stereocenters. The van der Waals surface area contributed by atoms with Crippen LogP contribution in [0.15, 0.2) is 75.7 Å². The zero-order chi connectivity index (χ0) is 28.6. The summed E-state index contributed by atoms with van der Waals surface area (Å²) in [6.07, 6.45) is 1.85. The fourth-order valence-corrected chi connectivity index (χ4v) is 6.12. The molecule has 0 N–H and O–H groups in total. The molecule has 0 unspecified atom stereocenters. The minimum atomic E-state index is -0.695. The second kappa shape index (κ2) is 11.1. The van der Waals surface area contributed by atoms with Gasteiger partial charge in [-0.05, 0) is 94.3 Å². The van der Waals surface area contributed by atoms with Crippen molar-refractivity contribution in [3.8, 4) is 11.4 Å². The zero-order valence-electron chi connectivity index (χ0n) is 23.0. The Balaban J connectivity index is 1.66. The number of hydrogen-bond donors (Lipinski definition) is 0. The summed E-state index contributed by atoms with van der Waals surface area (Å²) in [5, 5.41) is 0. The number of benzene rings is 2. The summed E-state index contributed by atoms with van der Waals surface area (Å²) in [6.45, 7) is 10.1. The third kappa shape index (κ3) is 4.93. The minimum absolute atomic E-state index is 0.208. The van der Waals surface area contributed by atoms with Crippen LogP contribution in [0.5, 0.6) is 5.75 Å². The van der Waals surface area contributed by atoms with Crippen LogP contribution in [0.2, 0.25) is 0 Å². The van der Waals surface area contributed by atoms with Crippen LogP contribution in [0.1, 0.15) is 49.3 Å². The highest BCUT2D eigenvalue weighted by atomic mass is 32.1. The Labute approximate surface area is 235 Å². The molecule has 0 bridgehead atoms. The number of aromatic nitrogens is 2. The quantitative estimate of drug-likeness (QED) is 0.307. The van der Waals surface area contributed by atoms with Crippen molar-refractivity contribution in [1.82, 2.24) is 9.13 Å². The van der Waals surface area contributed by atoms with Crippen molar-refractivity contribution in [2.24, 2.45) is 4.99 Å². The third-order valence-corrected chi connectivity index (χ3v) is 7.85. The van der Waals surface area contributed by atoms with E-state index < -0.39 is 12.0 Å². The molecule has 9 heteroatoms. The molecule has 0 aliphatic carbocycles. The molecule has 7 nitrogen and oxygen atoms in total. The lowest BCUT2D eigenvalue weighted by atomic mass is 9.96.